The zero-order valence-electron chi connectivity index (χ0n) is 49.9. The number of rotatable bonds is 45. The third-order valence-corrected chi connectivity index (χ3v) is 15.2. The van der Waals surface area contributed by atoms with Gasteiger partial charge in [-0.15, -0.1) is 0 Å². The molecule has 0 bridgehead atoms. The monoisotopic (exact) mass is 1180 g/mol. The van der Waals surface area contributed by atoms with Crippen molar-refractivity contribution in [2.24, 2.45) is 0 Å². The number of nitrogens with one attached hydrogen (secondary N) is 1. The largest absolute Gasteiger partial charge is 0.394 e. The quantitative estimate of drug-likeness (QED) is 0.0233. The van der Waals surface area contributed by atoms with E-state index in [1.165, 1.54) is 51.4 Å². The predicted octanol–water partition coefficient (Wildman–Crippen LogP) is 6.37. The third kappa shape index (κ3) is 29.5. The minimum atomic E-state index is -1.99. The summed E-state index contributed by atoms with van der Waals surface area (Å²) in [6.45, 7) is 1.56. The molecule has 3 fully saturated rings. The first-order valence-corrected chi connectivity index (χ1v) is 31.3. The van der Waals surface area contributed by atoms with Gasteiger partial charge in [-0.1, -0.05) is 182 Å². The fourth-order valence-corrected chi connectivity index (χ4v) is 10.1. The number of aliphatic hydroxyl groups is 11. The second kappa shape index (κ2) is 46.2. The molecule has 3 heterocycles. The zero-order chi connectivity index (χ0) is 60.5. The molecule has 19 heteroatoms. The summed E-state index contributed by atoms with van der Waals surface area (Å²) in [6, 6.07) is -1.00. The van der Waals surface area contributed by atoms with Gasteiger partial charge in [0.05, 0.1) is 38.6 Å². The Morgan fingerprint density at radius 1 is 0.446 bits per heavy atom. The summed E-state index contributed by atoms with van der Waals surface area (Å²) < 4.78 is 34.2. The van der Waals surface area contributed by atoms with Crippen LogP contribution < -0.4 is 5.32 Å². The molecule has 0 aromatic rings. The van der Waals surface area contributed by atoms with Crippen LogP contribution in [0.5, 0.6) is 0 Å². The van der Waals surface area contributed by atoms with Crippen LogP contribution in [0, 0.1) is 0 Å². The number of aliphatic hydroxyl groups excluding tert-OH is 11. The Morgan fingerprint density at radius 3 is 1.35 bits per heavy atom. The average molecular weight is 1180 g/mol. The standard InChI is InChI=1S/C64H109NO18/c1-3-5-7-9-11-13-15-17-19-20-21-22-23-24-25-26-28-30-32-34-36-38-40-42-52(70)65-47(48(69)41-39-37-35-33-31-29-27-18-16-14-12-10-8-6-4-2)46-78-62-58(76)55(73)60(50(44-67)80-62)83-64-59(77)56(74)61(51(45-68)81-64)82-63-57(75)54(72)53(71)49(43-66)79-63/h5,7,11,13,17,19,21-22,24-25,31,33,39,41,47-51,53-64,66-69,71-77H,3-4,6,8-10,12,14-16,18,20,23,26-30,32,34-38,40,42-46H2,1-2H3,(H,65,70)/b7-5-,13-11-,19-17-,22-21-,25-24-,33-31+,41-39+. The van der Waals surface area contributed by atoms with Crippen LogP contribution in [0.1, 0.15) is 181 Å². The molecule has 17 unspecified atom stereocenters. The first-order chi connectivity index (χ1) is 40.3. The first kappa shape index (κ1) is 74.2. The molecule has 3 aliphatic rings. The molecule has 0 saturated carbocycles. The van der Waals surface area contributed by atoms with E-state index in [-0.39, 0.29) is 18.9 Å². The van der Waals surface area contributed by atoms with Crippen molar-refractivity contribution in [2.45, 2.75) is 285 Å². The molecule has 0 radical (unpaired) electrons. The Kier molecular flexibility index (Phi) is 41.3. The maximum Gasteiger partial charge on any atom is 0.220 e. The first-order valence-electron chi connectivity index (χ1n) is 31.3. The van der Waals surface area contributed by atoms with Gasteiger partial charge in [-0.2, -0.15) is 0 Å². The molecule has 12 N–H and O–H groups in total. The number of hydrogen-bond donors (Lipinski definition) is 12. The number of amides is 1. The van der Waals surface area contributed by atoms with Crippen LogP contribution in [0.15, 0.2) is 85.1 Å². The van der Waals surface area contributed by atoms with Crippen molar-refractivity contribution in [1.82, 2.24) is 5.32 Å². The van der Waals surface area contributed by atoms with Crippen LogP contribution in [0.3, 0.4) is 0 Å². The van der Waals surface area contributed by atoms with Gasteiger partial charge < -0.3 is 89.9 Å². The molecule has 0 aromatic heterocycles. The van der Waals surface area contributed by atoms with E-state index in [1.54, 1.807) is 6.08 Å². The Balaban J connectivity index is 1.49. The Labute approximate surface area is 495 Å². The molecule has 1 amide bonds. The summed E-state index contributed by atoms with van der Waals surface area (Å²) in [7, 11) is 0. The number of carbonyl (C=O) groups excluding carboxylic acids is 1. The summed E-state index contributed by atoms with van der Waals surface area (Å²) in [5, 5.41) is 120. The van der Waals surface area contributed by atoms with Gasteiger partial charge in [0.25, 0.3) is 0 Å². The fourth-order valence-electron chi connectivity index (χ4n) is 10.1. The topological polar surface area (TPSA) is 307 Å². The number of ether oxygens (including phenoxy) is 6. The Morgan fingerprint density at radius 2 is 0.843 bits per heavy atom. The number of hydrogen-bond acceptors (Lipinski definition) is 18. The molecule has 0 aromatic carbocycles. The van der Waals surface area contributed by atoms with Gasteiger partial charge in [0.15, 0.2) is 18.9 Å². The van der Waals surface area contributed by atoms with Crippen LogP contribution in [-0.2, 0) is 33.2 Å². The van der Waals surface area contributed by atoms with E-state index in [9.17, 15) is 61.0 Å². The smallest absolute Gasteiger partial charge is 0.220 e. The van der Waals surface area contributed by atoms with Crippen LogP contribution in [-0.4, -0.2) is 193 Å². The maximum absolute atomic E-state index is 13.3. The lowest BCUT2D eigenvalue weighted by atomic mass is 9.96. The van der Waals surface area contributed by atoms with E-state index in [2.05, 4.69) is 92.1 Å². The van der Waals surface area contributed by atoms with E-state index in [4.69, 9.17) is 28.4 Å². The molecule has 3 saturated heterocycles. The van der Waals surface area contributed by atoms with Gasteiger partial charge in [-0.25, -0.2) is 0 Å². The van der Waals surface area contributed by atoms with Crippen molar-refractivity contribution in [3.8, 4) is 0 Å². The number of unbranched alkanes of at least 4 members (excludes halogenated alkanes) is 17. The molecule has 3 rings (SSSR count). The normalized spacial score (nSPS) is 30.0. The zero-order valence-corrected chi connectivity index (χ0v) is 49.9. The number of allylic oxidation sites excluding steroid dienone is 13. The maximum atomic E-state index is 13.3. The minimum absolute atomic E-state index is 0.217. The summed E-state index contributed by atoms with van der Waals surface area (Å²) in [5.74, 6) is -0.301. The van der Waals surface area contributed by atoms with E-state index >= 15 is 0 Å². The van der Waals surface area contributed by atoms with Crippen molar-refractivity contribution in [1.29, 1.82) is 0 Å². The van der Waals surface area contributed by atoms with Gasteiger partial charge in [0, 0.05) is 6.42 Å². The lowest BCUT2D eigenvalue weighted by Crippen LogP contribution is -2.66. The van der Waals surface area contributed by atoms with Gasteiger partial charge in [-0.05, 0) is 77.0 Å². The van der Waals surface area contributed by atoms with Crippen LogP contribution in [0.25, 0.3) is 0 Å². The van der Waals surface area contributed by atoms with E-state index in [0.29, 0.717) is 12.8 Å². The molecule has 19 nitrogen and oxygen atoms in total. The molecule has 0 aliphatic carbocycles. The van der Waals surface area contributed by atoms with Gasteiger partial charge >= 0.3 is 0 Å². The highest BCUT2D eigenvalue weighted by molar-refractivity contribution is 5.76. The Bertz CT molecular complexity index is 1840. The van der Waals surface area contributed by atoms with Crippen molar-refractivity contribution < 1.29 is 89.4 Å². The summed E-state index contributed by atoms with van der Waals surface area (Å²) in [5.41, 5.74) is 0. The Hall–Kier alpha value is -3.03. The lowest BCUT2D eigenvalue weighted by Gasteiger charge is -2.48. The summed E-state index contributed by atoms with van der Waals surface area (Å²) >= 11 is 0. The second-order valence-corrected chi connectivity index (χ2v) is 22.1. The lowest BCUT2D eigenvalue weighted by molar-refractivity contribution is -0.379. The molecule has 3 aliphatic heterocycles. The molecular formula is C64H109NO18. The van der Waals surface area contributed by atoms with Crippen molar-refractivity contribution in [3.63, 3.8) is 0 Å². The molecule has 17 atom stereocenters. The van der Waals surface area contributed by atoms with Gasteiger partial charge in [-0.3, -0.25) is 4.79 Å². The van der Waals surface area contributed by atoms with E-state index < -0.39 is 124 Å². The van der Waals surface area contributed by atoms with Crippen LogP contribution >= 0.6 is 0 Å². The molecule has 0 spiro atoms. The SMILES string of the molecule is CC/C=C\C/C=C\C/C=C\C/C=C\C/C=C\CCCCCCCCCC(=O)NC(COC1OC(CO)C(OC2OC(CO)C(OC3OC(CO)C(O)C(O)C3O)C(O)C2O)C(O)C1O)C(O)/C=C/CC/C=C/CCCCCCCCCCC. The third-order valence-electron chi connectivity index (χ3n) is 15.2. The highest BCUT2D eigenvalue weighted by atomic mass is 16.8. The highest BCUT2D eigenvalue weighted by Crippen LogP contribution is 2.33. The van der Waals surface area contributed by atoms with E-state index in [1.807, 2.05) is 6.08 Å². The van der Waals surface area contributed by atoms with E-state index in [0.717, 1.165) is 96.3 Å². The second-order valence-electron chi connectivity index (χ2n) is 22.1. The van der Waals surface area contributed by atoms with Gasteiger partial charge in [0.1, 0.15) is 73.2 Å². The van der Waals surface area contributed by atoms with Crippen molar-refractivity contribution >= 4 is 5.91 Å². The van der Waals surface area contributed by atoms with Crippen molar-refractivity contribution in [3.05, 3.63) is 85.1 Å². The number of carbonyl (C=O) groups is 1. The highest BCUT2D eigenvalue weighted by Gasteiger charge is 2.53. The average Bonchev–Trinajstić information content (AvgIpc) is 3.18. The summed E-state index contributed by atoms with van der Waals surface area (Å²) in [6.07, 6.45) is 29.8. The molecular weight excluding hydrogens is 1070 g/mol. The van der Waals surface area contributed by atoms with Crippen LogP contribution in [0.2, 0.25) is 0 Å². The fraction of sp³-hybridized carbons (Fsp3) is 0.766. The van der Waals surface area contributed by atoms with Crippen molar-refractivity contribution in [2.75, 3.05) is 26.4 Å². The molecule has 478 valence electrons. The van der Waals surface area contributed by atoms with Crippen LogP contribution in [0.4, 0.5) is 0 Å². The molecule has 83 heavy (non-hydrogen) atoms. The van der Waals surface area contributed by atoms with Gasteiger partial charge in [0.2, 0.25) is 5.91 Å². The minimum Gasteiger partial charge on any atom is -0.394 e. The predicted molar refractivity (Wildman–Crippen MR) is 318 cm³/mol. The summed E-state index contributed by atoms with van der Waals surface area (Å²) in [4.78, 5) is 13.3.